The number of methoxy groups -OCH3 is 3. The Morgan fingerprint density at radius 3 is 2.22 bits per heavy atom. The van der Waals surface area contributed by atoms with Crippen molar-refractivity contribution in [2.75, 3.05) is 54.3 Å². The number of carbonyl (C=O) groups is 5. The number of piperidine rings is 1. The van der Waals surface area contributed by atoms with Crippen LogP contribution in [0.25, 0.3) is 0 Å². The molecule has 3 saturated heterocycles. The van der Waals surface area contributed by atoms with Crippen LogP contribution in [0.5, 0.6) is 0 Å². The Morgan fingerprint density at radius 2 is 1.54 bits per heavy atom. The number of nitrogens with zero attached hydrogens (tertiary/aromatic N) is 1. The summed E-state index contributed by atoms with van der Waals surface area (Å²) in [5.74, 6) is -7.91. The number of hydrogen-bond donors (Lipinski definition) is 2. The highest BCUT2D eigenvalue weighted by Gasteiger charge is 2.53. The van der Waals surface area contributed by atoms with Crippen LogP contribution in [0.4, 0.5) is 0 Å². The maximum Gasteiger partial charge on any atom is 0.329 e. The molecule has 16 nitrogen and oxygen atoms in total. The molecule has 1 amide bonds. The molecule has 0 aromatic carbocycles. The molecule has 15 atom stereocenters. The number of aliphatic hydroxyl groups excluding tert-OH is 1. The number of amides is 1. The van der Waals surface area contributed by atoms with Gasteiger partial charge in [-0.15, -0.1) is 0 Å². The Hall–Kier alpha value is -3.45. The molecular formula is C56H87NO15. The maximum absolute atomic E-state index is 14.5. The first-order valence-electron chi connectivity index (χ1n) is 26.6. The van der Waals surface area contributed by atoms with Crippen molar-refractivity contribution in [2.45, 2.75) is 186 Å². The quantitative estimate of drug-likeness (QED) is 0.0967. The second kappa shape index (κ2) is 28.4. The zero-order valence-electron chi connectivity index (χ0n) is 44.8. The number of ketones is 3. The minimum atomic E-state index is -2.46. The van der Waals surface area contributed by atoms with Gasteiger partial charge in [-0.25, -0.2) is 4.79 Å². The van der Waals surface area contributed by atoms with E-state index in [4.69, 9.17) is 37.9 Å². The average Bonchev–Trinajstić information content (AvgIpc) is 3.35. The lowest BCUT2D eigenvalue weighted by Crippen LogP contribution is -2.61. The molecule has 4 aliphatic heterocycles. The average molecular weight is 1010 g/mol. The summed E-state index contributed by atoms with van der Waals surface area (Å²) < 4.78 is 47.2. The van der Waals surface area contributed by atoms with Gasteiger partial charge in [-0.05, 0) is 107 Å². The number of cyclic esters (lactones) is 1. The van der Waals surface area contributed by atoms with Crippen molar-refractivity contribution in [3.05, 3.63) is 47.6 Å². The number of hydrogen-bond acceptors (Lipinski definition) is 15. The molecular weight excluding hydrogens is 927 g/mol. The van der Waals surface area contributed by atoms with Gasteiger partial charge >= 0.3 is 5.97 Å². The van der Waals surface area contributed by atoms with E-state index in [1.165, 1.54) is 12.0 Å². The summed E-state index contributed by atoms with van der Waals surface area (Å²) in [6, 6.07) is -1.14. The van der Waals surface area contributed by atoms with E-state index < -0.39 is 77.8 Å². The highest BCUT2D eigenvalue weighted by atomic mass is 16.6. The number of esters is 1. The Labute approximate surface area is 428 Å². The fourth-order valence-corrected chi connectivity index (χ4v) is 11.0. The Balaban J connectivity index is 1.46. The van der Waals surface area contributed by atoms with Crippen LogP contribution in [0.2, 0.25) is 0 Å². The van der Waals surface area contributed by atoms with E-state index in [-0.39, 0.29) is 80.0 Å². The summed E-state index contributed by atoms with van der Waals surface area (Å²) in [6.45, 7) is 14.5. The van der Waals surface area contributed by atoms with Gasteiger partial charge < -0.3 is 53.0 Å². The van der Waals surface area contributed by atoms with Crippen molar-refractivity contribution in [3.8, 4) is 0 Å². The lowest BCUT2D eigenvalue weighted by molar-refractivity contribution is -0.266. The first-order chi connectivity index (χ1) is 34.3. The fourth-order valence-electron chi connectivity index (χ4n) is 11.0. The molecule has 0 aromatic rings. The predicted molar refractivity (Wildman–Crippen MR) is 269 cm³/mol. The normalized spacial score (nSPS) is 38.9. The molecule has 1 saturated carbocycles. The molecule has 2 bridgehead atoms. The predicted octanol–water partition coefficient (Wildman–Crippen LogP) is 6.62. The zero-order chi connectivity index (χ0) is 52.7. The van der Waals surface area contributed by atoms with Crippen LogP contribution < -0.4 is 0 Å². The third-order valence-electron chi connectivity index (χ3n) is 15.8. The van der Waals surface area contributed by atoms with Crippen LogP contribution in [0, 0.1) is 35.5 Å². The fraction of sp³-hybridized carbons (Fsp3) is 0.768. The number of aliphatic hydroxyl groups is 2. The van der Waals surface area contributed by atoms with Crippen LogP contribution in [0.3, 0.4) is 0 Å². The number of rotatable bonds is 11. The van der Waals surface area contributed by atoms with Crippen LogP contribution in [0.15, 0.2) is 47.6 Å². The molecule has 4 heterocycles. The van der Waals surface area contributed by atoms with E-state index in [9.17, 15) is 34.2 Å². The molecule has 16 heteroatoms. The standard InChI is InChI=1S/C56H87NO15/c1-34-16-12-11-13-17-35(2)47(70-25-24-69-43-32-68-33-43)30-42-21-19-40(7)56(64,72-42)53(61)54(62)57-23-15-14-18-44(57)55(63)71-48(37(4)28-41-20-22-46(65-8)49(29-41)66-9)31-45(58)36(3)27-39(6)51(60)52(67-10)50(59)38(5)26-34/h11-13,16-17,27,34,36-38,40-44,46-49,51-52,60,64H,14-15,18-26,28-33H2,1-10H3/b13-11+,16-12+,35-17+,39-27+/t34-,36-,37-,38-,40-,41+,42+,44+,46-,47?,48+,49-,51-,52+,56-/m1/s1. The van der Waals surface area contributed by atoms with Crippen LogP contribution >= 0.6 is 0 Å². The lowest BCUT2D eigenvalue weighted by atomic mass is 9.78. The van der Waals surface area contributed by atoms with Gasteiger partial charge in [0.05, 0.1) is 50.8 Å². The summed E-state index contributed by atoms with van der Waals surface area (Å²) in [6.07, 6.45) is 12.4. The Morgan fingerprint density at radius 1 is 0.819 bits per heavy atom. The molecule has 0 spiro atoms. The van der Waals surface area contributed by atoms with Crippen molar-refractivity contribution in [1.29, 1.82) is 0 Å². The van der Waals surface area contributed by atoms with Gasteiger partial charge in [-0.2, -0.15) is 0 Å². The second-order valence-corrected chi connectivity index (χ2v) is 21.5. The summed E-state index contributed by atoms with van der Waals surface area (Å²) >= 11 is 0. The molecule has 2 N–H and O–H groups in total. The number of carbonyl (C=O) groups excluding carboxylic acids is 5. The summed E-state index contributed by atoms with van der Waals surface area (Å²) in [7, 11) is 4.73. The third-order valence-corrected chi connectivity index (χ3v) is 15.8. The topological polar surface area (TPSA) is 203 Å². The van der Waals surface area contributed by atoms with Gasteiger partial charge in [0.1, 0.15) is 36.2 Å². The van der Waals surface area contributed by atoms with Gasteiger partial charge in [-0.1, -0.05) is 71.1 Å². The molecule has 4 fully saturated rings. The molecule has 5 aliphatic rings. The van der Waals surface area contributed by atoms with Crippen LogP contribution in [-0.4, -0.2) is 159 Å². The van der Waals surface area contributed by atoms with Crippen molar-refractivity contribution < 1.29 is 72.1 Å². The summed E-state index contributed by atoms with van der Waals surface area (Å²) in [5, 5.41) is 23.7. The number of ether oxygens (including phenoxy) is 8. The molecule has 1 aliphatic carbocycles. The smallest absolute Gasteiger partial charge is 0.329 e. The lowest BCUT2D eigenvalue weighted by Gasteiger charge is -2.43. The molecule has 5 rings (SSSR count). The monoisotopic (exact) mass is 1010 g/mol. The maximum atomic E-state index is 14.5. The van der Waals surface area contributed by atoms with E-state index in [1.807, 2.05) is 58.1 Å². The number of fused-ring (bicyclic) bond motifs is 3. The summed E-state index contributed by atoms with van der Waals surface area (Å²) in [5.41, 5.74) is 1.26. The van der Waals surface area contributed by atoms with Gasteiger partial charge in [0, 0.05) is 58.5 Å². The van der Waals surface area contributed by atoms with Crippen molar-refractivity contribution >= 4 is 29.2 Å². The zero-order valence-corrected chi connectivity index (χ0v) is 44.8. The second-order valence-electron chi connectivity index (χ2n) is 21.5. The minimum absolute atomic E-state index is 0.00182. The van der Waals surface area contributed by atoms with E-state index in [0.29, 0.717) is 63.9 Å². The van der Waals surface area contributed by atoms with Crippen molar-refractivity contribution in [1.82, 2.24) is 4.90 Å². The first kappa shape index (κ1) is 59.4. The minimum Gasteiger partial charge on any atom is -0.460 e. The van der Waals surface area contributed by atoms with Crippen molar-refractivity contribution in [3.63, 3.8) is 0 Å². The SMILES string of the molecule is CO[C@@H]1CC[C@@H](C[C@@H](C)[C@@H]2CC(=O)[C@H](C)/C=C(\C)[C@@H](O)[C@@H](OC)C(=O)[C@H](C)C[C@H](C)/C=C/C=C/C=C(\C)C(OCCOC3COC3)C[C@@H]3CC[C@@H](C)[C@@](O)(O3)C(=O)C(=O)N3CCCC[C@H]3C(=O)O2)C[C@H]1OC. The summed E-state index contributed by atoms with van der Waals surface area (Å²) in [4.78, 5) is 72.7. The molecule has 406 valence electrons. The van der Waals surface area contributed by atoms with E-state index in [1.54, 1.807) is 41.1 Å². The molecule has 0 aromatic heterocycles. The highest BCUT2D eigenvalue weighted by Crippen LogP contribution is 2.38. The van der Waals surface area contributed by atoms with E-state index >= 15 is 0 Å². The molecule has 72 heavy (non-hydrogen) atoms. The highest BCUT2D eigenvalue weighted by molar-refractivity contribution is 6.39. The van der Waals surface area contributed by atoms with Crippen LogP contribution in [0.1, 0.15) is 126 Å². The van der Waals surface area contributed by atoms with Crippen LogP contribution in [-0.2, 0) is 61.9 Å². The Bertz CT molecular complexity index is 1930. The van der Waals surface area contributed by atoms with Gasteiger partial charge in [0.2, 0.25) is 5.79 Å². The molecule has 0 radical (unpaired) electrons. The van der Waals surface area contributed by atoms with Gasteiger partial charge in [0.15, 0.2) is 5.78 Å². The first-order valence-corrected chi connectivity index (χ1v) is 26.6. The Kier molecular flexibility index (Phi) is 23.5. The van der Waals surface area contributed by atoms with E-state index in [2.05, 4.69) is 0 Å². The number of allylic oxidation sites excluding steroid dienone is 6. The van der Waals surface area contributed by atoms with Crippen molar-refractivity contribution in [2.24, 2.45) is 35.5 Å². The number of Topliss-reactive ketones (excluding diaryl/α,β-unsaturated/α-hetero) is 3. The third kappa shape index (κ3) is 16.0. The van der Waals surface area contributed by atoms with Gasteiger partial charge in [0.25, 0.3) is 11.7 Å². The van der Waals surface area contributed by atoms with Gasteiger partial charge in [-0.3, -0.25) is 19.2 Å². The van der Waals surface area contributed by atoms with E-state index in [0.717, 1.165) is 24.8 Å². The molecule has 1 unspecified atom stereocenters. The largest absolute Gasteiger partial charge is 0.460 e.